The molecule has 1 fully saturated rings. The largest absolute Gasteiger partial charge is 0.271 e. The number of aromatic nitrogens is 2. The zero-order valence-electron chi connectivity index (χ0n) is 12.6. The molecule has 114 valence electrons. The Balaban J connectivity index is 2.14. The maximum absolute atomic E-state index is 6.35. The Kier molecular flexibility index (Phi) is 5.87. The summed E-state index contributed by atoms with van der Waals surface area (Å²) in [6.07, 6.45) is 9.14. The van der Waals surface area contributed by atoms with Crippen LogP contribution in [-0.4, -0.2) is 9.78 Å². The molecular formula is C15H27ClN4. The van der Waals surface area contributed by atoms with Crippen molar-refractivity contribution in [2.45, 2.75) is 65.0 Å². The molecule has 5 heteroatoms. The molecule has 0 aliphatic heterocycles. The fourth-order valence-corrected chi connectivity index (χ4v) is 3.70. The Morgan fingerprint density at radius 1 is 1.40 bits per heavy atom. The molecule has 1 saturated carbocycles. The van der Waals surface area contributed by atoms with E-state index in [1.807, 2.05) is 4.68 Å². The van der Waals surface area contributed by atoms with Gasteiger partial charge in [0.1, 0.15) is 0 Å². The highest BCUT2D eigenvalue weighted by Gasteiger charge is 2.30. The number of nitrogens with one attached hydrogen (secondary N) is 1. The average Bonchev–Trinajstić information content (AvgIpc) is 2.83. The third-order valence-corrected chi connectivity index (χ3v) is 4.97. The summed E-state index contributed by atoms with van der Waals surface area (Å²) < 4.78 is 2.01. The van der Waals surface area contributed by atoms with Gasteiger partial charge < -0.3 is 0 Å². The molecule has 0 bridgehead atoms. The molecule has 0 amide bonds. The minimum Gasteiger partial charge on any atom is -0.271 e. The second-order valence-corrected chi connectivity index (χ2v) is 6.34. The Morgan fingerprint density at radius 3 is 2.65 bits per heavy atom. The molecule has 1 aromatic rings. The smallest absolute Gasteiger partial charge is 0.0834 e. The summed E-state index contributed by atoms with van der Waals surface area (Å²) in [5.41, 5.74) is 4.07. The molecule has 2 rings (SSSR count). The van der Waals surface area contributed by atoms with Crippen molar-refractivity contribution in [1.29, 1.82) is 0 Å². The van der Waals surface area contributed by atoms with E-state index in [4.69, 9.17) is 17.4 Å². The van der Waals surface area contributed by atoms with Crippen LogP contribution in [-0.2, 0) is 6.54 Å². The standard InChI is InChI=1S/C15H27ClN4/c1-3-9-20-15(13(16)10-18-20)14(19-17)12-7-5-11(4-2)6-8-12/h10-12,14,19H,3-9,17H2,1-2H3. The number of hydrazine groups is 1. The molecule has 0 radical (unpaired) electrons. The molecule has 0 spiro atoms. The van der Waals surface area contributed by atoms with Gasteiger partial charge in [0.05, 0.1) is 23.0 Å². The first kappa shape index (κ1) is 15.8. The summed E-state index contributed by atoms with van der Waals surface area (Å²) in [4.78, 5) is 0. The van der Waals surface area contributed by atoms with Crippen LogP contribution >= 0.6 is 11.6 Å². The number of nitrogens with zero attached hydrogens (tertiary/aromatic N) is 2. The molecular weight excluding hydrogens is 272 g/mol. The van der Waals surface area contributed by atoms with Crippen LogP contribution in [0.5, 0.6) is 0 Å². The number of rotatable bonds is 6. The van der Waals surface area contributed by atoms with Gasteiger partial charge in [0.15, 0.2) is 0 Å². The van der Waals surface area contributed by atoms with Crippen molar-refractivity contribution >= 4 is 11.6 Å². The van der Waals surface area contributed by atoms with Crippen molar-refractivity contribution in [2.75, 3.05) is 0 Å². The van der Waals surface area contributed by atoms with Gasteiger partial charge in [-0.1, -0.05) is 44.7 Å². The van der Waals surface area contributed by atoms with E-state index < -0.39 is 0 Å². The first-order valence-corrected chi connectivity index (χ1v) is 8.26. The normalized spacial score (nSPS) is 24.8. The van der Waals surface area contributed by atoms with Gasteiger partial charge in [0.25, 0.3) is 0 Å². The van der Waals surface area contributed by atoms with Crippen LogP contribution in [0.4, 0.5) is 0 Å². The molecule has 1 aliphatic rings. The molecule has 1 aromatic heterocycles. The van der Waals surface area contributed by atoms with Crippen molar-refractivity contribution in [3.63, 3.8) is 0 Å². The molecule has 1 heterocycles. The predicted molar refractivity (Wildman–Crippen MR) is 83.3 cm³/mol. The fourth-order valence-electron chi connectivity index (χ4n) is 3.44. The summed E-state index contributed by atoms with van der Waals surface area (Å²) in [6.45, 7) is 5.33. The topological polar surface area (TPSA) is 55.9 Å². The van der Waals surface area contributed by atoms with Crippen LogP contribution < -0.4 is 11.3 Å². The van der Waals surface area contributed by atoms with E-state index in [-0.39, 0.29) is 6.04 Å². The first-order chi connectivity index (χ1) is 9.71. The lowest BCUT2D eigenvalue weighted by Gasteiger charge is -2.33. The lowest BCUT2D eigenvalue weighted by molar-refractivity contribution is 0.213. The van der Waals surface area contributed by atoms with E-state index in [9.17, 15) is 0 Å². The summed E-state index contributed by atoms with van der Waals surface area (Å²) >= 11 is 6.35. The molecule has 1 atom stereocenters. The summed E-state index contributed by atoms with van der Waals surface area (Å²) in [6, 6.07) is 0.120. The van der Waals surface area contributed by atoms with E-state index in [0.717, 1.165) is 29.6 Å². The molecule has 1 unspecified atom stereocenters. The average molecular weight is 299 g/mol. The predicted octanol–water partition coefficient (Wildman–Crippen LogP) is 3.67. The lowest BCUT2D eigenvalue weighted by atomic mass is 9.77. The second kappa shape index (κ2) is 7.43. The van der Waals surface area contributed by atoms with Crippen molar-refractivity contribution in [3.05, 3.63) is 16.9 Å². The zero-order valence-corrected chi connectivity index (χ0v) is 13.4. The number of halogens is 1. The van der Waals surface area contributed by atoms with Gasteiger partial charge in [0, 0.05) is 6.54 Å². The van der Waals surface area contributed by atoms with E-state index in [2.05, 4.69) is 24.4 Å². The van der Waals surface area contributed by atoms with Gasteiger partial charge in [0.2, 0.25) is 0 Å². The minimum atomic E-state index is 0.120. The van der Waals surface area contributed by atoms with Crippen LogP contribution in [0.3, 0.4) is 0 Å². The van der Waals surface area contributed by atoms with Gasteiger partial charge in [-0.2, -0.15) is 5.10 Å². The van der Waals surface area contributed by atoms with Crippen LogP contribution in [0.25, 0.3) is 0 Å². The van der Waals surface area contributed by atoms with Gasteiger partial charge >= 0.3 is 0 Å². The number of aryl methyl sites for hydroxylation is 1. The van der Waals surface area contributed by atoms with Crippen LogP contribution in [0.1, 0.15) is 64.1 Å². The van der Waals surface area contributed by atoms with E-state index in [1.165, 1.54) is 32.1 Å². The van der Waals surface area contributed by atoms with E-state index >= 15 is 0 Å². The third kappa shape index (κ3) is 3.35. The van der Waals surface area contributed by atoms with Crippen LogP contribution in [0, 0.1) is 11.8 Å². The van der Waals surface area contributed by atoms with Gasteiger partial charge in [-0.25, -0.2) is 0 Å². The van der Waals surface area contributed by atoms with Gasteiger partial charge in [-0.05, 0) is 31.1 Å². The highest BCUT2D eigenvalue weighted by molar-refractivity contribution is 6.31. The molecule has 0 aromatic carbocycles. The van der Waals surface area contributed by atoms with Crippen LogP contribution in [0.15, 0.2) is 6.20 Å². The zero-order chi connectivity index (χ0) is 14.5. The molecule has 3 N–H and O–H groups in total. The summed E-state index contributed by atoms with van der Waals surface area (Å²) in [5.74, 6) is 7.30. The van der Waals surface area contributed by atoms with Gasteiger partial charge in [-0.15, -0.1) is 0 Å². The third-order valence-electron chi connectivity index (χ3n) is 4.68. The quantitative estimate of drug-likeness (QED) is 0.622. The second-order valence-electron chi connectivity index (χ2n) is 5.93. The van der Waals surface area contributed by atoms with E-state index in [0.29, 0.717) is 5.92 Å². The Morgan fingerprint density at radius 2 is 2.10 bits per heavy atom. The number of hydrogen-bond acceptors (Lipinski definition) is 3. The fraction of sp³-hybridized carbons (Fsp3) is 0.800. The van der Waals surface area contributed by atoms with Gasteiger partial charge in [-0.3, -0.25) is 16.0 Å². The Bertz CT molecular complexity index is 410. The summed E-state index contributed by atoms with van der Waals surface area (Å²) in [5, 5.41) is 5.12. The number of hydrogen-bond donors (Lipinski definition) is 2. The minimum absolute atomic E-state index is 0.120. The Labute approximate surface area is 127 Å². The molecule has 4 nitrogen and oxygen atoms in total. The highest BCUT2D eigenvalue weighted by Crippen LogP contribution is 2.39. The SMILES string of the molecule is CCCn1ncc(Cl)c1C(NN)C1CCC(CC)CC1. The Hall–Kier alpha value is -0.580. The highest BCUT2D eigenvalue weighted by atomic mass is 35.5. The maximum Gasteiger partial charge on any atom is 0.0834 e. The van der Waals surface area contributed by atoms with Crippen LogP contribution in [0.2, 0.25) is 5.02 Å². The molecule has 20 heavy (non-hydrogen) atoms. The van der Waals surface area contributed by atoms with Crippen molar-refractivity contribution < 1.29 is 0 Å². The number of nitrogens with two attached hydrogens (primary N) is 1. The van der Waals surface area contributed by atoms with Crippen molar-refractivity contribution in [3.8, 4) is 0 Å². The lowest BCUT2D eigenvalue weighted by Crippen LogP contribution is -2.37. The summed E-state index contributed by atoms with van der Waals surface area (Å²) in [7, 11) is 0. The molecule has 0 saturated heterocycles. The maximum atomic E-state index is 6.35. The monoisotopic (exact) mass is 298 g/mol. The first-order valence-electron chi connectivity index (χ1n) is 7.88. The van der Waals surface area contributed by atoms with E-state index in [1.54, 1.807) is 6.20 Å². The molecule has 1 aliphatic carbocycles. The van der Waals surface area contributed by atoms with Crippen molar-refractivity contribution in [1.82, 2.24) is 15.2 Å². The van der Waals surface area contributed by atoms with Crippen molar-refractivity contribution in [2.24, 2.45) is 17.7 Å².